The first-order chi connectivity index (χ1) is 18.2. The summed E-state index contributed by atoms with van der Waals surface area (Å²) in [5, 5.41) is 0. The molecule has 2 aromatic rings. The quantitative estimate of drug-likeness (QED) is 0.216. The second-order valence-electron chi connectivity index (χ2n) is 13.1. The van der Waals surface area contributed by atoms with Crippen LogP contribution in [0.2, 0.25) is 0 Å². The van der Waals surface area contributed by atoms with Crippen LogP contribution in [0.15, 0.2) is 24.3 Å². The predicted octanol–water partition coefficient (Wildman–Crippen LogP) is 8.00. The summed E-state index contributed by atoms with van der Waals surface area (Å²) >= 11 is 0. The minimum atomic E-state index is 0.100. The molecule has 220 valence electrons. The van der Waals surface area contributed by atoms with Gasteiger partial charge >= 0.3 is 0 Å². The number of benzene rings is 2. The molecule has 0 unspecified atom stereocenters. The lowest BCUT2D eigenvalue weighted by molar-refractivity contribution is 0.120. The van der Waals surface area contributed by atoms with E-state index in [4.69, 9.17) is 9.47 Å². The van der Waals surface area contributed by atoms with Crippen LogP contribution in [0.25, 0.3) is 0 Å². The van der Waals surface area contributed by atoms with Crippen molar-refractivity contribution in [3.63, 3.8) is 0 Å². The van der Waals surface area contributed by atoms with Crippen LogP contribution >= 0.6 is 0 Å². The smallest absolute Gasteiger partial charge is 0.125 e. The van der Waals surface area contributed by atoms with Gasteiger partial charge in [0, 0.05) is 23.9 Å². The number of hydrogen-bond acceptors (Lipinski definition) is 4. The maximum absolute atomic E-state index is 6.43. The van der Waals surface area contributed by atoms with Crippen molar-refractivity contribution in [3.8, 4) is 11.5 Å². The molecule has 4 heteroatoms. The van der Waals surface area contributed by atoms with Gasteiger partial charge in [-0.2, -0.15) is 0 Å². The van der Waals surface area contributed by atoms with E-state index in [-0.39, 0.29) is 10.8 Å². The van der Waals surface area contributed by atoms with Crippen LogP contribution in [0.1, 0.15) is 88.8 Å². The van der Waals surface area contributed by atoms with Gasteiger partial charge in [0.25, 0.3) is 0 Å². The van der Waals surface area contributed by atoms with Gasteiger partial charge in [-0.25, -0.2) is 0 Å². The molecule has 0 amide bonds. The third kappa shape index (κ3) is 10.1. The van der Waals surface area contributed by atoms with Gasteiger partial charge < -0.3 is 19.3 Å². The van der Waals surface area contributed by atoms with E-state index < -0.39 is 0 Å². The summed E-state index contributed by atoms with van der Waals surface area (Å²) in [6, 6.07) is 9.18. The Morgan fingerprint density at radius 3 is 1.08 bits per heavy atom. The zero-order valence-electron chi connectivity index (χ0n) is 27.4. The molecule has 2 rings (SSSR count). The Hall–Kier alpha value is -2.04. The molecule has 2 aromatic carbocycles. The molecule has 0 radical (unpaired) electrons. The minimum Gasteiger partial charge on any atom is -0.492 e. The standard InChI is InChI=1S/C35H58N2O2/c1-13-36(14-2)22-34(9,10)24-38-32-26(5)17-30(18-27(32)6)21-31-19-28(7)33(29(8)20-31)39-25-35(11,12)23-37(15-3)16-4/h17-20H,13-16,21-25H2,1-12H3. The Morgan fingerprint density at radius 1 is 0.538 bits per heavy atom. The van der Waals surface area contributed by atoms with Crippen LogP contribution in [-0.4, -0.2) is 62.3 Å². The number of rotatable bonds is 16. The highest BCUT2D eigenvalue weighted by Gasteiger charge is 2.24. The third-order valence-corrected chi connectivity index (χ3v) is 7.76. The molecule has 39 heavy (non-hydrogen) atoms. The fourth-order valence-electron chi connectivity index (χ4n) is 5.71. The Balaban J connectivity index is 2.10. The van der Waals surface area contributed by atoms with Gasteiger partial charge in [0.2, 0.25) is 0 Å². The van der Waals surface area contributed by atoms with E-state index in [1.807, 2.05) is 0 Å². The summed E-state index contributed by atoms with van der Waals surface area (Å²) in [5.74, 6) is 2.07. The second kappa shape index (κ2) is 14.6. The number of nitrogens with zero attached hydrogens (tertiary/aromatic N) is 2. The highest BCUT2D eigenvalue weighted by atomic mass is 16.5. The normalized spacial score (nSPS) is 12.5. The average Bonchev–Trinajstić information content (AvgIpc) is 2.84. The Bertz CT molecular complexity index is 919. The average molecular weight is 539 g/mol. The predicted molar refractivity (Wildman–Crippen MR) is 169 cm³/mol. The monoisotopic (exact) mass is 538 g/mol. The van der Waals surface area contributed by atoms with Crippen molar-refractivity contribution in [2.45, 2.75) is 89.5 Å². The van der Waals surface area contributed by atoms with Crippen LogP contribution in [0, 0.1) is 38.5 Å². The molecule has 0 atom stereocenters. The molecule has 0 aliphatic heterocycles. The van der Waals surface area contributed by atoms with E-state index in [0.717, 1.165) is 70.4 Å². The maximum atomic E-state index is 6.43. The van der Waals surface area contributed by atoms with Gasteiger partial charge in [-0.05, 0) is 93.7 Å². The van der Waals surface area contributed by atoms with Crippen molar-refractivity contribution in [3.05, 3.63) is 57.6 Å². The van der Waals surface area contributed by atoms with Crippen molar-refractivity contribution in [2.75, 3.05) is 52.5 Å². The number of ether oxygens (including phenoxy) is 2. The molecule has 0 spiro atoms. The highest BCUT2D eigenvalue weighted by Crippen LogP contribution is 2.31. The van der Waals surface area contributed by atoms with Crippen molar-refractivity contribution in [2.24, 2.45) is 10.8 Å². The molecule has 0 heterocycles. The Kier molecular flexibility index (Phi) is 12.4. The lowest BCUT2D eigenvalue weighted by Crippen LogP contribution is -2.37. The molecule has 0 N–H and O–H groups in total. The summed E-state index contributed by atoms with van der Waals surface area (Å²) in [6.45, 7) is 34.7. The van der Waals surface area contributed by atoms with E-state index >= 15 is 0 Å². The van der Waals surface area contributed by atoms with Crippen LogP contribution in [-0.2, 0) is 6.42 Å². The Morgan fingerprint density at radius 2 is 0.821 bits per heavy atom. The zero-order valence-corrected chi connectivity index (χ0v) is 27.4. The van der Waals surface area contributed by atoms with Gasteiger partial charge in [-0.1, -0.05) is 79.7 Å². The number of hydrogen-bond donors (Lipinski definition) is 0. The van der Waals surface area contributed by atoms with Gasteiger partial charge in [-0.15, -0.1) is 0 Å². The molecule has 0 aliphatic rings. The zero-order chi connectivity index (χ0) is 29.4. The molecule has 0 saturated carbocycles. The van der Waals surface area contributed by atoms with Crippen molar-refractivity contribution < 1.29 is 9.47 Å². The summed E-state index contributed by atoms with van der Waals surface area (Å²) in [7, 11) is 0. The van der Waals surface area contributed by atoms with E-state index in [1.54, 1.807) is 0 Å². The first-order valence-corrected chi connectivity index (χ1v) is 15.1. The molecule has 0 fully saturated rings. The fourth-order valence-corrected chi connectivity index (χ4v) is 5.71. The lowest BCUT2D eigenvalue weighted by Gasteiger charge is -2.31. The van der Waals surface area contributed by atoms with Gasteiger partial charge in [0.1, 0.15) is 11.5 Å². The summed E-state index contributed by atoms with van der Waals surface area (Å²) in [4.78, 5) is 4.94. The van der Waals surface area contributed by atoms with Gasteiger partial charge in [-0.3, -0.25) is 0 Å². The highest BCUT2D eigenvalue weighted by molar-refractivity contribution is 5.47. The van der Waals surface area contributed by atoms with Gasteiger partial charge in [0.15, 0.2) is 0 Å². The van der Waals surface area contributed by atoms with Crippen LogP contribution < -0.4 is 9.47 Å². The molecular weight excluding hydrogens is 480 g/mol. The maximum Gasteiger partial charge on any atom is 0.125 e. The van der Waals surface area contributed by atoms with E-state index in [0.29, 0.717) is 0 Å². The van der Waals surface area contributed by atoms with E-state index in [1.165, 1.54) is 33.4 Å². The fraction of sp³-hybridized carbons (Fsp3) is 0.657. The molecule has 0 aromatic heterocycles. The van der Waals surface area contributed by atoms with Crippen molar-refractivity contribution in [1.82, 2.24) is 9.80 Å². The minimum absolute atomic E-state index is 0.100. The Labute approximate surface area is 241 Å². The first kappa shape index (κ1) is 33.2. The molecule has 4 nitrogen and oxygen atoms in total. The lowest BCUT2D eigenvalue weighted by atomic mass is 9.93. The van der Waals surface area contributed by atoms with Crippen LogP contribution in [0.3, 0.4) is 0 Å². The van der Waals surface area contributed by atoms with Crippen LogP contribution in [0.5, 0.6) is 11.5 Å². The molecule has 0 aliphatic carbocycles. The second-order valence-corrected chi connectivity index (χ2v) is 13.1. The third-order valence-electron chi connectivity index (χ3n) is 7.76. The van der Waals surface area contributed by atoms with Gasteiger partial charge in [0.05, 0.1) is 13.2 Å². The molecular formula is C35H58N2O2. The SMILES string of the molecule is CCN(CC)CC(C)(C)COc1c(C)cc(Cc2cc(C)c(OCC(C)(C)CN(CC)CC)c(C)c2)cc1C. The molecule has 0 bridgehead atoms. The topological polar surface area (TPSA) is 24.9 Å². The molecule has 0 saturated heterocycles. The van der Waals surface area contributed by atoms with Crippen molar-refractivity contribution in [1.29, 1.82) is 0 Å². The summed E-state index contributed by atoms with van der Waals surface area (Å²) < 4.78 is 12.9. The van der Waals surface area contributed by atoms with E-state index in [2.05, 4.69) is 117 Å². The van der Waals surface area contributed by atoms with E-state index in [9.17, 15) is 0 Å². The van der Waals surface area contributed by atoms with Crippen LogP contribution in [0.4, 0.5) is 0 Å². The summed E-state index contributed by atoms with van der Waals surface area (Å²) in [5.41, 5.74) is 7.71. The number of aryl methyl sites for hydroxylation is 4. The summed E-state index contributed by atoms with van der Waals surface area (Å²) in [6.07, 6.45) is 0.908. The van der Waals surface area contributed by atoms with Crippen molar-refractivity contribution >= 4 is 0 Å². The largest absolute Gasteiger partial charge is 0.492 e. The first-order valence-electron chi connectivity index (χ1n) is 15.1.